The number of carboxylic acids is 1. The predicted octanol–water partition coefficient (Wildman–Crippen LogP) is 5.11. The number of fused-ring (bicyclic) bond motifs is 3. The van der Waals surface area contributed by atoms with Crippen LogP contribution in [0.3, 0.4) is 0 Å². The second-order valence-corrected chi connectivity index (χ2v) is 11.5. The average Bonchev–Trinajstić information content (AvgIpc) is 3.50. The van der Waals surface area contributed by atoms with E-state index in [0.29, 0.717) is 5.69 Å². The molecule has 2 bridgehead atoms. The molecule has 9 heteroatoms. The van der Waals surface area contributed by atoms with E-state index < -0.39 is 17.8 Å². The number of carbonyl (C=O) groups is 3. The molecule has 7 nitrogen and oxygen atoms in total. The second-order valence-electron chi connectivity index (χ2n) is 9.20. The molecule has 0 spiro atoms. The van der Waals surface area contributed by atoms with E-state index in [-0.39, 0.29) is 29.4 Å². The largest absolute Gasteiger partial charge is 0.481 e. The zero-order valence-electron chi connectivity index (χ0n) is 19.3. The molecule has 1 fully saturated rings. The SMILES string of the molecule is Cc1cc(C)cc(NC(=O)CSc2nc3ccc(NC(=O)[C@@H]4[C@H](C(=O)O)[C@H]5C=C[C@H]4C5)cc3s2)c1. The van der Waals surface area contributed by atoms with Gasteiger partial charge in [0, 0.05) is 11.4 Å². The van der Waals surface area contributed by atoms with E-state index in [1.807, 2.05) is 50.3 Å². The number of carbonyl (C=O) groups excluding carboxylic acids is 2. The van der Waals surface area contributed by atoms with Crippen LogP contribution in [0.25, 0.3) is 10.2 Å². The number of hydrogen-bond donors (Lipinski definition) is 3. The van der Waals surface area contributed by atoms with Gasteiger partial charge in [-0.2, -0.15) is 0 Å². The van der Waals surface area contributed by atoms with E-state index in [2.05, 4.69) is 21.7 Å². The maximum Gasteiger partial charge on any atom is 0.307 e. The summed E-state index contributed by atoms with van der Waals surface area (Å²) in [6.45, 7) is 3.99. The standard InChI is InChI=1S/C26H25N3O4S2/c1-13-7-14(2)9-18(8-13)27-21(30)12-34-26-29-19-6-5-17(11-20(19)35-26)28-24(31)22-15-3-4-16(10-15)23(22)25(32)33/h3-9,11,15-16,22-23H,10,12H2,1-2H3,(H,27,30)(H,28,31)(H,32,33)/t15-,16-,22-,23+/m0/s1. The van der Waals surface area contributed by atoms with Crippen molar-refractivity contribution >= 4 is 62.5 Å². The van der Waals surface area contributed by atoms with Crippen molar-refractivity contribution in [3.63, 3.8) is 0 Å². The normalized spacial score (nSPS) is 22.5. The summed E-state index contributed by atoms with van der Waals surface area (Å²) in [6, 6.07) is 11.4. The molecular weight excluding hydrogens is 482 g/mol. The Kier molecular flexibility index (Phi) is 6.37. The molecule has 4 atom stereocenters. The fourth-order valence-corrected chi connectivity index (χ4v) is 7.06. The van der Waals surface area contributed by atoms with Gasteiger partial charge in [0.25, 0.3) is 0 Å². The van der Waals surface area contributed by atoms with Crippen LogP contribution in [-0.4, -0.2) is 33.6 Å². The lowest BCUT2D eigenvalue weighted by molar-refractivity contribution is -0.146. The number of nitrogens with zero attached hydrogens (tertiary/aromatic N) is 1. The van der Waals surface area contributed by atoms with Crippen LogP contribution in [0.2, 0.25) is 0 Å². The number of aliphatic carboxylic acids is 1. The topological polar surface area (TPSA) is 108 Å². The monoisotopic (exact) mass is 507 g/mol. The highest BCUT2D eigenvalue weighted by Gasteiger charge is 2.51. The number of aryl methyl sites for hydroxylation is 2. The summed E-state index contributed by atoms with van der Waals surface area (Å²) < 4.78 is 1.66. The third kappa shape index (κ3) is 4.97. The van der Waals surface area contributed by atoms with Crippen molar-refractivity contribution in [2.75, 3.05) is 16.4 Å². The number of thiazole rings is 1. The number of nitrogens with one attached hydrogen (secondary N) is 2. The summed E-state index contributed by atoms with van der Waals surface area (Å²) in [6.07, 6.45) is 4.62. The van der Waals surface area contributed by atoms with Crippen molar-refractivity contribution in [2.24, 2.45) is 23.7 Å². The third-order valence-corrected chi connectivity index (χ3v) is 8.68. The minimum Gasteiger partial charge on any atom is -0.481 e. The van der Waals surface area contributed by atoms with E-state index >= 15 is 0 Å². The molecule has 2 aliphatic carbocycles. The molecule has 3 aromatic rings. The Labute approximate surface area is 211 Å². The first-order valence-electron chi connectivity index (χ1n) is 11.4. The minimum atomic E-state index is -0.914. The first kappa shape index (κ1) is 23.6. The van der Waals surface area contributed by atoms with Gasteiger partial charge in [0.05, 0.1) is 27.8 Å². The van der Waals surface area contributed by atoms with E-state index in [1.165, 1.54) is 23.1 Å². The molecule has 0 saturated heterocycles. The molecular formula is C26H25N3O4S2. The van der Waals surface area contributed by atoms with Crippen molar-refractivity contribution in [3.05, 3.63) is 59.7 Å². The summed E-state index contributed by atoms with van der Waals surface area (Å²) in [5.41, 5.74) is 4.38. The van der Waals surface area contributed by atoms with Gasteiger partial charge in [0.15, 0.2) is 4.34 Å². The number of allylic oxidation sites excluding steroid dienone is 2. The highest BCUT2D eigenvalue weighted by molar-refractivity contribution is 8.01. The highest BCUT2D eigenvalue weighted by atomic mass is 32.2. The lowest BCUT2D eigenvalue weighted by Gasteiger charge is -2.23. The number of aromatic nitrogens is 1. The van der Waals surface area contributed by atoms with Gasteiger partial charge < -0.3 is 15.7 Å². The number of anilines is 2. The van der Waals surface area contributed by atoms with Crippen LogP contribution in [0, 0.1) is 37.5 Å². The molecule has 1 heterocycles. The van der Waals surface area contributed by atoms with Gasteiger partial charge in [-0.25, -0.2) is 4.98 Å². The van der Waals surface area contributed by atoms with Gasteiger partial charge >= 0.3 is 5.97 Å². The number of rotatable bonds is 7. The summed E-state index contributed by atoms with van der Waals surface area (Å²) in [4.78, 5) is 41.7. The summed E-state index contributed by atoms with van der Waals surface area (Å²) in [5.74, 6) is -2.34. The van der Waals surface area contributed by atoms with Gasteiger partial charge in [-0.15, -0.1) is 11.3 Å². The zero-order valence-corrected chi connectivity index (χ0v) is 20.9. The summed E-state index contributed by atoms with van der Waals surface area (Å²) in [5, 5.41) is 15.5. The molecule has 35 heavy (non-hydrogen) atoms. The van der Waals surface area contributed by atoms with Crippen molar-refractivity contribution in [1.29, 1.82) is 0 Å². The van der Waals surface area contributed by atoms with Gasteiger partial charge in [-0.1, -0.05) is 30.0 Å². The van der Waals surface area contributed by atoms with Crippen LogP contribution in [0.5, 0.6) is 0 Å². The lowest BCUT2D eigenvalue weighted by Crippen LogP contribution is -2.36. The quantitative estimate of drug-likeness (QED) is 0.303. The average molecular weight is 508 g/mol. The number of amides is 2. The van der Waals surface area contributed by atoms with Crippen LogP contribution in [-0.2, 0) is 14.4 Å². The Morgan fingerprint density at radius 2 is 1.71 bits per heavy atom. The number of hydrogen-bond acceptors (Lipinski definition) is 6. The highest BCUT2D eigenvalue weighted by Crippen LogP contribution is 2.48. The molecule has 0 aliphatic heterocycles. The van der Waals surface area contributed by atoms with Crippen LogP contribution >= 0.6 is 23.1 Å². The predicted molar refractivity (Wildman–Crippen MR) is 139 cm³/mol. The number of benzene rings is 2. The molecule has 180 valence electrons. The van der Waals surface area contributed by atoms with Gasteiger partial charge in [-0.3, -0.25) is 14.4 Å². The van der Waals surface area contributed by atoms with Crippen LogP contribution in [0.15, 0.2) is 52.9 Å². The molecule has 1 aromatic heterocycles. The first-order chi connectivity index (χ1) is 16.8. The molecule has 2 aliphatic rings. The van der Waals surface area contributed by atoms with Crippen molar-refractivity contribution in [3.8, 4) is 0 Å². The molecule has 0 unspecified atom stereocenters. The van der Waals surface area contributed by atoms with Crippen molar-refractivity contribution in [2.45, 2.75) is 24.6 Å². The van der Waals surface area contributed by atoms with Gasteiger partial charge in [-0.05, 0) is 73.6 Å². The molecule has 3 N–H and O–H groups in total. The van der Waals surface area contributed by atoms with Crippen LogP contribution in [0.1, 0.15) is 17.5 Å². The number of carboxylic acid groups (broad SMARTS) is 1. The molecule has 5 rings (SSSR count). The lowest BCUT2D eigenvalue weighted by atomic mass is 9.82. The molecule has 1 saturated carbocycles. The Bertz CT molecular complexity index is 1350. The Morgan fingerprint density at radius 3 is 2.43 bits per heavy atom. The molecule has 2 amide bonds. The van der Waals surface area contributed by atoms with E-state index in [0.717, 1.165) is 37.8 Å². The Hall–Kier alpha value is -3.17. The zero-order chi connectivity index (χ0) is 24.7. The Balaban J connectivity index is 1.22. The fourth-order valence-electron chi connectivity index (χ4n) is 5.16. The number of thioether (sulfide) groups is 1. The molecule has 2 aromatic carbocycles. The third-order valence-electron chi connectivity index (χ3n) is 6.52. The van der Waals surface area contributed by atoms with Crippen LogP contribution in [0.4, 0.5) is 11.4 Å². The minimum absolute atomic E-state index is 0.0221. The molecule has 0 radical (unpaired) electrons. The van der Waals surface area contributed by atoms with Crippen molar-refractivity contribution in [1.82, 2.24) is 4.98 Å². The van der Waals surface area contributed by atoms with E-state index in [4.69, 9.17) is 0 Å². The van der Waals surface area contributed by atoms with Gasteiger partial charge in [0.2, 0.25) is 11.8 Å². The first-order valence-corrected chi connectivity index (χ1v) is 13.2. The van der Waals surface area contributed by atoms with E-state index in [1.54, 1.807) is 6.07 Å². The fraction of sp³-hybridized carbons (Fsp3) is 0.308. The maximum atomic E-state index is 13.0. The smallest absolute Gasteiger partial charge is 0.307 e. The second kappa shape index (κ2) is 9.47. The summed E-state index contributed by atoms with van der Waals surface area (Å²) >= 11 is 2.83. The van der Waals surface area contributed by atoms with Crippen molar-refractivity contribution < 1.29 is 19.5 Å². The summed E-state index contributed by atoms with van der Waals surface area (Å²) in [7, 11) is 0. The Morgan fingerprint density at radius 1 is 1.00 bits per heavy atom. The van der Waals surface area contributed by atoms with Crippen LogP contribution < -0.4 is 10.6 Å². The van der Waals surface area contributed by atoms with E-state index in [9.17, 15) is 19.5 Å². The van der Waals surface area contributed by atoms with Gasteiger partial charge in [0.1, 0.15) is 0 Å². The maximum absolute atomic E-state index is 13.0.